The van der Waals surface area contributed by atoms with Gasteiger partial charge in [-0.05, 0) is 23.8 Å². The largest absolute Gasteiger partial charge is 0.462 e. The Hall–Kier alpha value is -2.70. The van der Waals surface area contributed by atoms with Gasteiger partial charge in [0.15, 0.2) is 0 Å². The quantitative estimate of drug-likeness (QED) is 0.413. The second-order valence-corrected chi connectivity index (χ2v) is 8.94. The van der Waals surface area contributed by atoms with E-state index in [1.807, 2.05) is 0 Å². The van der Waals surface area contributed by atoms with E-state index < -0.39 is 53.3 Å². The second-order valence-electron chi connectivity index (χ2n) is 7.36. The molecule has 32 heavy (non-hydrogen) atoms. The number of carbonyl (C=O) groups excluding carboxylic acids is 1. The molecule has 10 nitrogen and oxygen atoms in total. The van der Waals surface area contributed by atoms with E-state index in [1.165, 1.54) is 19.1 Å². The van der Waals surface area contributed by atoms with Crippen molar-refractivity contribution in [2.24, 2.45) is 0 Å². The van der Waals surface area contributed by atoms with Gasteiger partial charge in [-0.3, -0.25) is 4.79 Å². The van der Waals surface area contributed by atoms with Crippen LogP contribution in [0.25, 0.3) is 11.1 Å². The normalized spacial score (nSPS) is 25.7. The SMILES string of the molecule is CC(=O)NC1C(Oc2ccccc2-c2cccc(OS(C)(=O)=O)c2)OC(CO)C(O)C1O. The molecule has 0 spiro atoms. The number of amides is 1. The average molecular weight is 467 g/mol. The Labute approximate surface area is 185 Å². The standard InChI is InChI=1S/C21H25NO9S/c1-12(24)22-18-20(26)19(25)17(11-23)30-21(18)29-16-9-4-3-8-15(16)13-6-5-7-14(10-13)31-32(2,27)28/h3-10,17-21,23,25-26H,11H2,1-2H3,(H,22,24). The molecule has 1 amide bonds. The third kappa shape index (κ3) is 5.75. The van der Waals surface area contributed by atoms with Crippen molar-refractivity contribution in [3.8, 4) is 22.6 Å². The molecular weight excluding hydrogens is 442 g/mol. The summed E-state index contributed by atoms with van der Waals surface area (Å²) in [5, 5.41) is 32.6. The van der Waals surface area contributed by atoms with Gasteiger partial charge in [0.25, 0.3) is 0 Å². The number of hydrogen-bond acceptors (Lipinski definition) is 9. The van der Waals surface area contributed by atoms with Gasteiger partial charge < -0.3 is 34.3 Å². The second kappa shape index (κ2) is 9.84. The fourth-order valence-corrected chi connectivity index (χ4v) is 3.85. The minimum absolute atomic E-state index is 0.115. The van der Waals surface area contributed by atoms with Crippen molar-refractivity contribution in [2.45, 2.75) is 37.6 Å². The number of aliphatic hydroxyl groups excluding tert-OH is 3. The summed E-state index contributed by atoms with van der Waals surface area (Å²) in [4.78, 5) is 11.6. The van der Waals surface area contributed by atoms with Crippen LogP contribution in [0.2, 0.25) is 0 Å². The highest BCUT2D eigenvalue weighted by Gasteiger charge is 2.46. The molecule has 0 saturated carbocycles. The van der Waals surface area contributed by atoms with Crippen molar-refractivity contribution in [1.82, 2.24) is 5.32 Å². The molecule has 2 aromatic rings. The molecule has 1 aliphatic rings. The zero-order chi connectivity index (χ0) is 23.5. The molecule has 1 saturated heterocycles. The number of carbonyl (C=O) groups is 1. The summed E-state index contributed by atoms with van der Waals surface area (Å²) >= 11 is 0. The van der Waals surface area contributed by atoms with Gasteiger partial charge in [0, 0.05) is 12.5 Å². The van der Waals surface area contributed by atoms with Gasteiger partial charge in [0.05, 0.1) is 12.9 Å². The third-order valence-electron chi connectivity index (χ3n) is 4.77. The predicted octanol–water partition coefficient (Wildman–Crippen LogP) is 0.0145. The van der Waals surface area contributed by atoms with Crippen LogP contribution in [0.4, 0.5) is 0 Å². The number of rotatable bonds is 7. The van der Waals surface area contributed by atoms with Crippen LogP contribution in [0.5, 0.6) is 11.5 Å². The van der Waals surface area contributed by atoms with E-state index in [9.17, 15) is 28.5 Å². The first kappa shape index (κ1) is 24.0. The third-order valence-corrected chi connectivity index (χ3v) is 5.27. The van der Waals surface area contributed by atoms with Crippen LogP contribution in [0.1, 0.15) is 6.92 Å². The van der Waals surface area contributed by atoms with Gasteiger partial charge in [-0.15, -0.1) is 0 Å². The van der Waals surface area contributed by atoms with Gasteiger partial charge in [0.2, 0.25) is 12.2 Å². The van der Waals surface area contributed by atoms with Crippen molar-refractivity contribution in [1.29, 1.82) is 0 Å². The fourth-order valence-electron chi connectivity index (χ4n) is 3.39. The van der Waals surface area contributed by atoms with Crippen molar-refractivity contribution in [2.75, 3.05) is 12.9 Å². The summed E-state index contributed by atoms with van der Waals surface area (Å²) in [6, 6.07) is 12.0. The Balaban J connectivity index is 1.94. The zero-order valence-electron chi connectivity index (χ0n) is 17.4. The Bertz CT molecular complexity index is 1060. The molecule has 3 rings (SSSR count). The van der Waals surface area contributed by atoms with Crippen molar-refractivity contribution < 1.29 is 42.2 Å². The summed E-state index contributed by atoms with van der Waals surface area (Å²) in [6.07, 6.45) is -4.30. The summed E-state index contributed by atoms with van der Waals surface area (Å²) in [6.45, 7) is 0.674. The van der Waals surface area contributed by atoms with E-state index in [-0.39, 0.29) is 5.75 Å². The monoisotopic (exact) mass is 467 g/mol. The first-order valence-electron chi connectivity index (χ1n) is 9.74. The van der Waals surface area contributed by atoms with Crippen molar-refractivity contribution in [3.05, 3.63) is 48.5 Å². The number of aliphatic hydroxyl groups is 3. The van der Waals surface area contributed by atoms with Gasteiger partial charge in [-0.25, -0.2) is 0 Å². The molecule has 1 heterocycles. The van der Waals surface area contributed by atoms with Crippen LogP contribution in [-0.4, -0.2) is 73.2 Å². The Kier molecular flexibility index (Phi) is 7.36. The molecule has 1 aliphatic heterocycles. The summed E-state index contributed by atoms with van der Waals surface area (Å²) in [5.74, 6) is -0.0619. The minimum atomic E-state index is -3.71. The Morgan fingerprint density at radius 1 is 1.12 bits per heavy atom. The van der Waals surface area contributed by atoms with E-state index in [4.69, 9.17) is 13.7 Å². The smallest absolute Gasteiger partial charge is 0.306 e. The first-order chi connectivity index (χ1) is 15.1. The van der Waals surface area contributed by atoms with Crippen LogP contribution < -0.4 is 14.2 Å². The van der Waals surface area contributed by atoms with Crippen LogP contribution in [0, 0.1) is 0 Å². The molecule has 5 unspecified atom stereocenters. The predicted molar refractivity (Wildman–Crippen MR) is 113 cm³/mol. The molecule has 4 N–H and O–H groups in total. The number of nitrogens with one attached hydrogen (secondary N) is 1. The van der Waals surface area contributed by atoms with Gasteiger partial charge in [0.1, 0.15) is 35.9 Å². The van der Waals surface area contributed by atoms with E-state index in [0.717, 1.165) is 6.26 Å². The highest BCUT2D eigenvalue weighted by atomic mass is 32.2. The summed E-state index contributed by atoms with van der Waals surface area (Å²) in [5.41, 5.74) is 1.13. The van der Waals surface area contributed by atoms with E-state index in [0.29, 0.717) is 16.9 Å². The lowest BCUT2D eigenvalue weighted by atomic mass is 9.96. The van der Waals surface area contributed by atoms with Crippen LogP contribution in [-0.2, 0) is 19.6 Å². The minimum Gasteiger partial charge on any atom is -0.462 e. The lowest BCUT2D eigenvalue weighted by Crippen LogP contribution is -2.65. The molecule has 1 fully saturated rings. The maximum atomic E-state index is 11.6. The van der Waals surface area contributed by atoms with E-state index >= 15 is 0 Å². The summed E-state index contributed by atoms with van der Waals surface area (Å²) < 4.78 is 39.4. The average Bonchev–Trinajstić information content (AvgIpc) is 2.72. The summed E-state index contributed by atoms with van der Waals surface area (Å²) in [7, 11) is -3.71. The van der Waals surface area contributed by atoms with Crippen molar-refractivity contribution >= 4 is 16.0 Å². The molecule has 5 atom stereocenters. The van der Waals surface area contributed by atoms with Crippen LogP contribution in [0.15, 0.2) is 48.5 Å². The molecule has 0 aromatic heterocycles. The fraction of sp³-hybridized carbons (Fsp3) is 0.381. The van der Waals surface area contributed by atoms with Crippen LogP contribution >= 0.6 is 0 Å². The molecule has 2 aromatic carbocycles. The molecular formula is C21H25NO9S. The van der Waals surface area contributed by atoms with Gasteiger partial charge in [-0.1, -0.05) is 30.3 Å². The number of benzene rings is 2. The van der Waals surface area contributed by atoms with Gasteiger partial charge in [-0.2, -0.15) is 8.42 Å². The topological polar surface area (TPSA) is 152 Å². The van der Waals surface area contributed by atoms with Crippen molar-refractivity contribution in [3.63, 3.8) is 0 Å². The van der Waals surface area contributed by atoms with Crippen LogP contribution in [0.3, 0.4) is 0 Å². The lowest BCUT2D eigenvalue weighted by molar-refractivity contribution is -0.244. The lowest BCUT2D eigenvalue weighted by Gasteiger charge is -2.42. The molecule has 0 bridgehead atoms. The Morgan fingerprint density at radius 3 is 2.50 bits per heavy atom. The van der Waals surface area contributed by atoms with E-state index in [2.05, 4.69) is 5.32 Å². The Morgan fingerprint density at radius 2 is 1.84 bits per heavy atom. The number of ether oxygens (including phenoxy) is 2. The highest BCUT2D eigenvalue weighted by molar-refractivity contribution is 7.86. The molecule has 11 heteroatoms. The highest BCUT2D eigenvalue weighted by Crippen LogP contribution is 2.34. The van der Waals surface area contributed by atoms with E-state index in [1.54, 1.807) is 36.4 Å². The number of hydrogen-bond donors (Lipinski definition) is 4. The molecule has 0 aliphatic carbocycles. The maximum Gasteiger partial charge on any atom is 0.306 e. The van der Waals surface area contributed by atoms with Gasteiger partial charge >= 0.3 is 10.1 Å². The first-order valence-corrected chi connectivity index (χ1v) is 11.6. The molecule has 174 valence electrons. The maximum absolute atomic E-state index is 11.6. The zero-order valence-corrected chi connectivity index (χ0v) is 18.2. The molecule has 0 radical (unpaired) electrons. The number of para-hydroxylation sites is 1.